The standard InChI is InChI=1S/C27H24N4O2/c1-2-3-17-33-26-12-6-22(7-13-26)19-31(20-23-5-4-14-28-18-23)27(32)24-8-10-25(11-9-24)30-16-15-29-21-30/h4-16,18,21H,17,19-20H2,1H3. The first-order valence-electron chi connectivity index (χ1n) is 10.6. The molecule has 4 aromatic rings. The van der Waals surface area contributed by atoms with E-state index in [0.29, 0.717) is 25.3 Å². The number of hydrogen-bond donors (Lipinski definition) is 0. The van der Waals surface area contributed by atoms with Gasteiger partial charge in [0.2, 0.25) is 0 Å². The van der Waals surface area contributed by atoms with Gasteiger partial charge in [0.15, 0.2) is 0 Å². The van der Waals surface area contributed by atoms with Gasteiger partial charge in [-0.15, -0.1) is 5.92 Å². The number of hydrogen-bond acceptors (Lipinski definition) is 4. The van der Waals surface area contributed by atoms with Gasteiger partial charge in [0.1, 0.15) is 12.4 Å². The number of imidazole rings is 1. The molecule has 0 unspecified atom stereocenters. The molecule has 0 aliphatic heterocycles. The Labute approximate surface area is 193 Å². The smallest absolute Gasteiger partial charge is 0.254 e. The van der Waals surface area contributed by atoms with Crippen LogP contribution in [0.3, 0.4) is 0 Å². The van der Waals surface area contributed by atoms with E-state index in [1.807, 2.05) is 76.3 Å². The minimum absolute atomic E-state index is 0.0467. The molecule has 0 fully saturated rings. The zero-order valence-electron chi connectivity index (χ0n) is 18.4. The van der Waals surface area contributed by atoms with E-state index >= 15 is 0 Å². The van der Waals surface area contributed by atoms with Gasteiger partial charge in [-0.1, -0.05) is 24.1 Å². The fourth-order valence-corrected chi connectivity index (χ4v) is 3.39. The minimum atomic E-state index is -0.0467. The van der Waals surface area contributed by atoms with E-state index in [1.54, 1.807) is 31.8 Å². The number of amides is 1. The minimum Gasteiger partial charge on any atom is -0.481 e. The van der Waals surface area contributed by atoms with Crippen molar-refractivity contribution in [2.24, 2.45) is 0 Å². The molecule has 0 N–H and O–H groups in total. The number of ether oxygens (including phenoxy) is 1. The lowest BCUT2D eigenvalue weighted by Gasteiger charge is -2.23. The zero-order chi connectivity index (χ0) is 22.9. The zero-order valence-corrected chi connectivity index (χ0v) is 18.4. The average molecular weight is 437 g/mol. The second kappa shape index (κ2) is 10.8. The lowest BCUT2D eigenvalue weighted by Crippen LogP contribution is -2.30. The Morgan fingerprint density at radius 1 is 0.970 bits per heavy atom. The van der Waals surface area contributed by atoms with Crippen LogP contribution in [0.2, 0.25) is 0 Å². The predicted molar refractivity (Wildman–Crippen MR) is 127 cm³/mol. The quantitative estimate of drug-likeness (QED) is 0.381. The molecule has 0 saturated heterocycles. The summed E-state index contributed by atoms with van der Waals surface area (Å²) in [7, 11) is 0. The van der Waals surface area contributed by atoms with E-state index in [9.17, 15) is 4.79 Å². The SMILES string of the molecule is CC#CCOc1ccc(CN(Cc2cccnc2)C(=O)c2ccc(-n3ccnc3)cc2)cc1. The van der Waals surface area contributed by atoms with Gasteiger partial charge in [-0.05, 0) is 60.5 Å². The lowest BCUT2D eigenvalue weighted by molar-refractivity contribution is 0.0730. The maximum Gasteiger partial charge on any atom is 0.254 e. The molecule has 0 aliphatic carbocycles. The molecular weight excluding hydrogens is 412 g/mol. The van der Waals surface area contributed by atoms with Crippen molar-refractivity contribution in [3.8, 4) is 23.3 Å². The Hall–Kier alpha value is -4.37. The van der Waals surface area contributed by atoms with Crippen LogP contribution >= 0.6 is 0 Å². The lowest BCUT2D eigenvalue weighted by atomic mass is 10.1. The van der Waals surface area contributed by atoms with E-state index in [-0.39, 0.29) is 5.91 Å². The van der Waals surface area contributed by atoms with Gasteiger partial charge < -0.3 is 14.2 Å². The fraction of sp³-hybridized carbons (Fsp3) is 0.148. The molecule has 2 heterocycles. The number of rotatable bonds is 8. The van der Waals surface area contributed by atoms with Crippen molar-refractivity contribution in [3.63, 3.8) is 0 Å². The molecule has 6 heteroatoms. The highest BCUT2D eigenvalue weighted by molar-refractivity contribution is 5.94. The van der Waals surface area contributed by atoms with E-state index in [0.717, 1.165) is 22.6 Å². The Balaban J connectivity index is 1.52. The number of nitrogens with zero attached hydrogens (tertiary/aromatic N) is 4. The maximum absolute atomic E-state index is 13.4. The summed E-state index contributed by atoms with van der Waals surface area (Å²) < 4.78 is 7.49. The van der Waals surface area contributed by atoms with Gasteiger partial charge in [-0.3, -0.25) is 9.78 Å². The summed E-state index contributed by atoms with van der Waals surface area (Å²) in [6.45, 7) is 3.06. The van der Waals surface area contributed by atoms with Crippen LogP contribution in [-0.4, -0.2) is 31.9 Å². The molecule has 164 valence electrons. The van der Waals surface area contributed by atoms with Crippen LogP contribution in [0.15, 0.2) is 91.8 Å². The molecular formula is C27H24N4O2. The van der Waals surface area contributed by atoms with E-state index in [1.165, 1.54) is 0 Å². The van der Waals surface area contributed by atoms with Crippen LogP contribution in [0.1, 0.15) is 28.4 Å². The summed E-state index contributed by atoms with van der Waals surface area (Å²) in [6, 6.07) is 19.1. The van der Waals surface area contributed by atoms with Crippen LogP contribution < -0.4 is 4.74 Å². The van der Waals surface area contributed by atoms with Crippen molar-refractivity contribution in [1.82, 2.24) is 19.4 Å². The normalized spacial score (nSPS) is 10.2. The third-order valence-corrected chi connectivity index (χ3v) is 5.08. The maximum atomic E-state index is 13.4. The molecule has 6 nitrogen and oxygen atoms in total. The highest BCUT2D eigenvalue weighted by Gasteiger charge is 2.17. The topological polar surface area (TPSA) is 60.2 Å². The molecule has 0 saturated carbocycles. The van der Waals surface area contributed by atoms with Crippen molar-refractivity contribution in [1.29, 1.82) is 0 Å². The Morgan fingerprint density at radius 2 is 1.76 bits per heavy atom. The van der Waals surface area contributed by atoms with Crippen molar-refractivity contribution in [3.05, 3.63) is 108 Å². The van der Waals surface area contributed by atoms with Crippen LogP contribution in [0.5, 0.6) is 5.75 Å². The monoisotopic (exact) mass is 436 g/mol. The summed E-state index contributed by atoms with van der Waals surface area (Å²) in [5.74, 6) is 6.39. The van der Waals surface area contributed by atoms with E-state index < -0.39 is 0 Å². The molecule has 2 aromatic carbocycles. The number of carbonyl (C=O) groups is 1. The summed E-state index contributed by atoms with van der Waals surface area (Å²) in [5, 5.41) is 0. The molecule has 0 aliphatic rings. The molecule has 0 atom stereocenters. The predicted octanol–water partition coefficient (Wildman–Crippen LogP) is 4.51. The summed E-state index contributed by atoms with van der Waals surface area (Å²) in [6.07, 6.45) is 8.84. The second-order valence-electron chi connectivity index (χ2n) is 7.40. The first kappa shape index (κ1) is 21.8. The van der Waals surface area contributed by atoms with Crippen molar-refractivity contribution in [2.45, 2.75) is 20.0 Å². The second-order valence-corrected chi connectivity index (χ2v) is 7.40. The van der Waals surface area contributed by atoms with E-state index in [2.05, 4.69) is 21.8 Å². The van der Waals surface area contributed by atoms with Crippen molar-refractivity contribution < 1.29 is 9.53 Å². The van der Waals surface area contributed by atoms with Crippen molar-refractivity contribution >= 4 is 5.91 Å². The first-order chi connectivity index (χ1) is 16.2. The van der Waals surface area contributed by atoms with E-state index in [4.69, 9.17) is 4.74 Å². The molecule has 33 heavy (non-hydrogen) atoms. The molecule has 0 spiro atoms. The highest BCUT2D eigenvalue weighted by Crippen LogP contribution is 2.18. The summed E-state index contributed by atoms with van der Waals surface area (Å²) in [4.78, 5) is 23.5. The van der Waals surface area contributed by atoms with Gasteiger partial charge in [-0.25, -0.2) is 4.98 Å². The van der Waals surface area contributed by atoms with Crippen molar-refractivity contribution in [2.75, 3.05) is 6.61 Å². The molecule has 0 radical (unpaired) electrons. The van der Waals surface area contributed by atoms with Crippen LogP contribution in [-0.2, 0) is 13.1 Å². The third-order valence-electron chi connectivity index (χ3n) is 5.08. The average Bonchev–Trinajstić information content (AvgIpc) is 3.40. The van der Waals surface area contributed by atoms with Gasteiger partial charge in [0, 0.05) is 49.1 Å². The van der Waals surface area contributed by atoms with Gasteiger partial charge in [0.05, 0.1) is 6.33 Å². The molecule has 1 amide bonds. The van der Waals surface area contributed by atoms with Crippen LogP contribution in [0, 0.1) is 11.8 Å². The van der Waals surface area contributed by atoms with Gasteiger partial charge in [0.25, 0.3) is 5.91 Å². The largest absolute Gasteiger partial charge is 0.481 e. The van der Waals surface area contributed by atoms with Crippen LogP contribution in [0.4, 0.5) is 0 Å². The van der Waals surface area contributed by atoms with Crippen LogP contribution in [0.25, 0.3) is 5.69 Å². The Bertz CT molecular complexity index is 1220. The molecule has 2 aromatic heterocycles. The summed E-state index contributed by atoms with van der Waals surface area (Å²) in [5.41, 5.74) is 3.56. The van der Waals surface area contributed by atoms with Gasteiger partial charge in [-0.2, -0.15) is 0 Å². The highest BCUT2D eigenvalue weighted by atomic mass is 16.5. The Morgan fingerprint density at radius 3 is 2.42 bits per heavy atom. The fourth-order valence-electron chi connectivity index (χ4n) is 3.39. The number of carbonyl (C=O) groups excluding carboxylic acids is 1. The van der Waals surface area contributed by atoms with Gasteiger partial charge >= 0.3 is 0 Å². The Kier molecular flexibility index (Phi) is 7.14. The number of benzene rings is 2. The summed E-state index contributed by atoms with van der Waals surface area (Å²) >= 11 is 0. The third kappa shape index (κ3) is 5.86. The number of aromatic nitrogens is 3. The molecule has 4 rings (SSSR count). The molecule has 0 bridgehead atoms. The number of pyridine rings is 1. The first-order valence-corrected chi connectivity index (χ1v) is 10.6.